The number of furan rings is 1. The highest BCUT2D eigenvalue weighted by Gasteiger charge is 2.23. The van der Waals surface area contributed by atoms with Crippen LogP contribution in [0.1, 0.15) is 23.1 Å². The van der Waals surface area contributed by atoms with E-state index < -0.39 is 0 Å². The first kappa shape index (κ1) is 20.4. The third kappa shape index (κ3) is 4.22. The SMILES string of the molecule is Cc1c(NC(=O)C[NH2+][C@H](c2ccccc2)c2ccco2)c(=O)n(-c2ccccc2)n1C. The largest absolute Gasteiger partial charge is 0.463 e. The first-order valence-electron chi connectivity index (χ1n) is 10.1. The normalized spacial score (nSPS) is 11.9. The van der Waals surface area contributed by atoms with E-state index in [2.05, 4.69) is 5.32 Å². The van der Waals surface area contributed by atoms with Gasteiger partial charge in [-0.25, -0.2) is 4.68 Å². The summed E-state index contributed by atoms with van der Waals surface area (Å²) >= 11 is 0. The molecule has 0 aliphatic rings. The summed E-state index contributed by atoms with van der Waals surface area (Å²) in [5, 5.41) is 4.71. The average molecular weight is 417 g/mol. The third-order valence-electron chi connectivity index (χ3n) is 5.37. The first-order valence-corrected chi connectivity index (χ1v) is 10.1. The van der Waals surface area contributed by atoms with Gasteiger partial charge in [0.1, 0.15) is 5.69 Å². The Morgan fingerprint density at radius 1 is 1.03 bits per heavy atom. The maximum atomic E-state index is 13.0. The van der Waals surface area contributed by atoms with Crippen molar-refractivity contribution in [1.29, 1.82) is 0 Å². The Labute approximate surface area is 179 Å². The summed E-state index contributed by atoms with van der Waals surface area (Å²) in [4.78, 5) is 25.7. The lowest BCUT2D eigenvalue weighted by atomic mass is 10.0. The van der Waals surface area contributed by atoms with Gasteiger partial charge in [-0.15, -0.1) is 0 Å². The van der Waals surface area contributed by atoms with Crippen LogP contribution >= 0.6 is 0 Å². The van der Waals surface area contributed by atoms with Crippen LogP contribution < -0.4 is 16.2 Å². The molecule has 2 heterocycles. The van der Waals surface area contributed by atoms with E-state index in [0.717, 1.165) is 17.0 Å². The molecule has 3 N–H and O–H groups in total. The van der Waals surface area contributed by atoms with E-state index >= 15 is 0 Å². The molecule has 0 spiro atoms. The van der Waals surface area contributed by atoms with E-state index in [1.807, 2.05) is 85.0 Å². The topological polar surface area (TPSA) is 85.8 Å². The fourth-order valence-corrected chi connectivity index (χ4v) is 3.67. The van der Waals surface area contributed by atoms with Gasteiger partial charge in [0.15, 0.2) is 18.3 Å². The molecule has 7 nitrogen and oxygen atoms in total. The number of anilines is 1. The highest BCUT2D eigenvalue weighted by molar-refractivity contribution is 5.91. The maximum Gasteiger partial charge on any atom is 0.295 e. The predicted molar refractivity (Wildman–Crippen MR) is 118 cm³/mol. The number of hydrogen-bond donors (Lipinski definition) is 2. The molecule has 4 aromatic rings. The highest BCUT2D eigenvalue weighted by Crippen LogP contribution is 2.18. The zero-order valence-electron chi connectivity index (χ0n) is 17.5. The van der Waals surface area contributed by atoms with Gasteiger partial charge < -0.3 is 15.1 Å². The fraction of sp³-hybridized carbons (Fsp3) is 0.167. The molecule has 7 heteroatoms. The van der Waals surface area contributed by atoms with Crippen molar-refractivity contribution < 1.29 is 14.5 Å². The molecule has 1 amide bonds. The second kappa shape index (κ2) is 8.89. The van der Waals surface area contributed by atoms with Gasteiger partial charge in [-0.1, -0.05) is 48.5 Å². The maximum absolute atomic E-state index is 13.0. The third-order valence-corrected chi connectivity index (χ3v) is 5.37. The average Bonchev–Trinajstić information content (AvgIpc) is 3.39. The van der Waals surface area contributed by atoms with Crippen LogP contribution in [-0.2, 0) is 11.8 Å². The van der Waals surface area contributed by atoms with Gasteiger partial charge in [-0.05, 0) is 31.2 Å². The molecule has 31 heavy (non-hydrogen) atoms. The summed E-state index contributed by atoms with van der Waals surface area (Å²) in [5.74, 6) is 0.514. The fourth-order valence-electron chi connectivity index (χ4n) is 3.67. The lowest BCUT2D eigenvalue weighted by Crippen LogP contribution is -2.87. The summed E-state index contributed by atoms with van der Waals surface area (Å²) in [5.41, 5.74) is 2.50. The van der Waals surface area contributed by atoms with Crippen molar-refractivity contribution in [2.45, 2.75) is 13.0 Å². The zero-order chi connectivity index (χ0) is 21.8. The van der Waals surface area contributed by atoms with Crippen molar-refractivity contribution in [3.05, 3.63) is 106 Å². The van der Waals surface area contributed by atoms with Crippen LogP contribution in [0.5, 0.6) is 0 Å². The quantitative estimate of drug-likeness (QED) is 0.484. The molecule has 2 aromatic carbocycles. The van der Waals surface area contributed by atoms with Gasteiger partial charge in [0.2, 0.25) is 0 Å². The molecule has 0 radical (unpaired) electrons. The molecular formula is C24H25N4O3+. The Kier molecular flexibility index (Phi) is 5.86. The molecule has 2 aromatic heterocycles. The van der Waals surface area contributed by atoms with Crippen LogP contribution in [0.25, 0.3) is 5.69 Å². The highest BCUT2D eigenvalue weighted by atomic mass is 16.3. The van der Waals surface area contributed by atoms with Crippen molar-refractivity contribution in [2.24, 2.45) is 7.05 Å². The number of rotatable bonds is 7. The molecule has 0 aliphatic heterocycles. The Hall–Kier alpha value is -3.84. The van der Waals surface area contributed by atoms with Gasteiger partial charge in [0.05, 0.1) is 17.6 Å². The standard InChI is InChI=1S/C24H24N4O3/c1-17-22(24(30)28(27(17)2)19-12-7-4-8-13-19)26-21(29)16-25-23(20-14-9-15-31-20)18-10-5-3-6-11-18/h3-15,23,25H,16H2,1-2H3,(H,26,29)/p+1/t23-/m1/s1. The molecule has 0 aliphatic carbocycles. The summed E-state index contributed by atoms with van der Waals surface area (Å²) in [7, 11) is 1.80. The molecule has 1 atom stereocenters. The number of quaternary nitrogens is 1. The van der Waals surface area contributed by atoms with E-state index in [1.165, 1.54) is 0 Å². The summed E-state index contributed by atoms with van der Waals surface area (Å²) in [6, 6.07) is 22.8. The van der Waals surface area contributed by atoms with Crippen LogP contribution in [0.4, 0.5) is 5.69 Å². The van der Waals surface area contributed by atoms with E-state index in [-0.39, 0.29) is 24.1 Å². The molecule has 0 fully saturated rings. The smallest absolute Gasteiger partial charge is 0.295 e. The number of para-hydroxylation sites is 1. The molecule has 0 saturated heterocycles. The monoisotopic (exact) mass is 417 g/mol. The van der Waals surface area contributed by atoms with Crippen LogP contribution in [0.2, 0.25) is 0 Å². The van der Waals surface area contributed by atoms with Crippen molar-refractivity contribution in [3.8, 4) is 5.69 Å². The minimum Gasteiger partial charge on any atom is -0.463 e. The van der Waals surface area contributed by atoms with E-state index in [4.69, 9.17) is 4.42 Å². The number of amides is 1. The number of carbonyl (C=O) groups is 1. The Balaban J connectivity index is 1.52. The van der Waals surface area contributed by atoms with Crippen LogP contribution in [0.15, 0.2) is 88.3 Å². The second-order valence-corrected chi connectivity index (χ2v) is 7.33. The molecule has 0 bridgehead atoms. The number of nitrogens with one attached hydrogen (secondary N) is 1. The lowest BCUT2D eigenvalue weighted by molar-refractivity contribution is -0.678. The summed E-state index contributed by atoms with van der Waals surface area (Å²) < 4.78 is 8.88. The molecular weight excluding hydrogens is 392 g/mol. The number of hydrogen-bond acceptors (Lipinski definition) is 3. The van der Waals surface area contributed by atoms with Gasteiger partial charge >= 0.3 is 0 Å². The molecule has 0 unspecified atom stereocenters. The minimum atomic E-state index is -0.259. The Morgan fingerprint density at radius 2 is 1.71 bits per heavy atom. The number of benzene rings is 2. The van der Waals surface area contributed by atoms with Gasteiger partial charge in [0, 0.05) is 12.6 Å². The van der Waals surface area contributed by atoms with Crippen LogP contribution in [-0.4, -0.2) is 21.8 Å². The van der Waals surface area contributed by atoms with Gasteiger partial charge in [-0.2, -0.15) is 0 Å². The van der Waals surface area contributed by atoms with Gasteiger partial charge in [-0.3, -0.25) is 14.3 Å². The zero-order valence-corrected chi connectivity index (χ0v) is 17.5. The first-order chi connectivity index (χ1) is 15.1. The Bertz CT molecular complexity index is 1210. The summed E-state index contributed by atoms with van der Waals surface area (Å²) in [6.45, 7) is 1.95. The number of nitrogens with zero attached hydrogens (tertiary/aromatic N) is 2. The van der Waals surface area contributed by atoms with E-state index in [0.29, 0.717) is 11.4 Å². The Morgan fingerprint density at radius 3 is 2.35 bits per heavy atom. The number of carbonyl (C=O) groups excluding carboxylic acids is 1. The van der Waals surface area contributed by atoms with Crippen LogP contribution in [0, 0.1) is 6.92 Å². The minimum absolute atomic E-state index is 0.138. The van der Waals surface area contributed by atoms with Crippen molar-refractivity contribution in [2.75, 3.05) is 11.9 Å². The van der Waals surface area contributed by atoms with Crippen molar-refractivity contribution >= 4 is 11.6 Å². The van der Waals surface area contributed by atoms with E-state index in [9.17, 15) is 9.59 Å². The molecule has 0 saturated carbocycles. The van der Waals surface area contributed by atoms with E-state index in [1.54, 1.807) is 22.7 Å². The van der Waals surface area contributed by atoms with Crippen molar-refractivity contribution in [3.63, 3.8) is 0 Å². The second-order valence-electron chi connectivity index (χ2n) is 7.33. The molecule has 4 rings (SSSR count). The number of nitrogens with two attached hydrogens (primary N) is 1. The predicted octanol–water partition coefficient (Wildman–Crippen LogP) is 2.37. The van der Waals surface area contributed by atoms with Gasteiger partial charge in [0.25, 0.3) is 11.5 Å². The van der Waals surface area contributed by atoms with Crippen molar-refractivity contribution in [1.82, 2.24) is 9.36 Å². The summed E-state index contributed by atoms with van der Waals surface area (Å²) in [6.07, 6.45) is 1.62. The molecule has 158 valence electrons. The lowest BCUT2D eigenvalue weighted by Gasteiger charge is -2.13. The number of aromatic nitrogens is 2. The van der Waals surface area contributed by atoms with Crippen LogP contribution in [0.3, 0.4) is 0 Å².